The lowest BCUT2D eigenvalue weighted by molar-refractivity contribution is 0.101. The van der Waals surface area contributed by atoms with Gasteiger partial charge >= 0.3 is 6.03 Å². The molecule has 0 aliphatic carbocycles. The van der Waals surface area contributed by atoms with Crippen molar-refractivity contribution in [3.8, 4) is 0 Å². The summed E-state index contributed by atoms with van der Waals surface area (Å²) in [5.74, 6) is 0.247. The Labute approximate surface area is 115 Å². The number of urea groups is 1. The quantitative estimate of drug-likeness (QED) is 0.671. The van der Waals surface area contributed by atoms with Gasteiger partial charge in [0.25, 0.3) is 5.91 Å². The summed E-state index contributed by atoms with van der Waals surface area (Å²) in [6, 6.07) is 6.38. The first-order chi connectivity index (χ1) is 9.58. The Balaban J connectivity index is 2.00. The third kappa shape index (κ3) is 3.31. The van der Waals surface area contributed by atoms with Crippen LogP contribution in [-0.2, 0) is 0 Å². The Hall–Kier alpha value is -2.90. The molecule has 0 spiro atoms. The number of amides is 3. The highest BCUT2D eigenvalue weighted by Crippen LogP contribution is 2.14. The van der Waals surface area contributed by atoms with E-state index in [0.29, 0.717) is 17.2 Å². The maximum atomic E-state index is 11.8. The second-order valence-electron chi connectivity index (χ2n) is 3.98. The normalized spacial score (nSPS) is 9.90. The molecule has 2 aromatic rings. The second kappa shape index (κ2) is 5.83. The molecule has 0 bridgehead atoms. The summed E-state index contributed by atoms with van der Waals surface area (Å²) in [6.07, 6.45) is 0. The number of nitrogens with zero attached hydrogens (tertiary/aromatic N) is 2. The molecular weight excluding hydrogens is 260 g/mol. The van der Waals surface area contributed by atoms with E-state index in [1.54, 1.807) is 31.2 Å². The van der Waals surface area contributed by atoms with Crippen molar-refractivity contribution < 1.29 is 9.59 Å². The van der Waals surface area contributed by atoms with Gasteiger partial charge in [0.15, 0.2) is 0 Å². The van der Waals surface area contributed by atoms with E-state index < -0.39 is 5.91 Å². The number of aromatic amines is 1. The van der Waals surface area contributed by atoms with Crippen molar-refractivity contribution >= 4 is 23.3 Å². The molecule has 4 N–H and O–H groups in total. The van der Waals surface area contributed by atoms with Crippen molar-refractivity contribution in [2.75, 3.05) is 17.7 Å². The van der Waals surface area contributed by atoms with Gasteiger partial charge in [0.2, 0.25) is 5.82 Å². The molecule has 1 aromatic carbocycles. The number of aromatic nitrogens is 3. The van der Waals surface area contributed by atoms with Crippen molar-refractivity contribution in [2.24, 2.45) is 0 Å². The second-order valence-corrected chi connectivity index (χ2v) is 3.98. The lowest BCUT2D eigenvalue weighted by atomic mass is 10.3. The van der Waals surface area contributed by atoms with E-state index in [1.807, 2.05) is 0 Å². The number of benzene rings is 1. The SMILES string of the molecule is CNC(=O)Nc1ccc(NC(=O)c2n[nH]c(C)n2)cc1. The Bertz CT molecular complexity index is 619. The topological polar surface area (TPSA) is 112 Å². The van der Waals surface area contributed by atoms with Crippen molar-refractivity contribution in [3.05, 3.63) is 35.9 Å². The predicted molar refractivity (Wildman–Crippen MR) is 73.6 cm³/mol. The van der Waals surface area contributed by atoms with Crippen LogP contribution in [0.2, 0.25) is 0 Å². The molecule has 0 aliphatic rings. The van der Waals surface area contributed by atoms with Gasteiger partial charge in [0.05, 0.1) is 0 Å². The molecule has 0 atom stereocenters. The molecule has 0 unspecified atom stereocenters. The molecule has 8 heteroatoms. The molecule has 0 fully saturated rings. The molecule has 3 amide bonds. The molecule has 20 heavy (non-hydrogen) atoms. The number of carbonyl (C=O) groups is 2. The summed E-state index contributed by atoms with van der Waals surface area (Å²) >= 11 is 0. The van der Waals surface area contributed by atoms with Gasteiger partial charge in [-0.3, -0.25) is 9.89 Å². The summed E-state index contributed by atoms with van der Waals surface area (Å²) in [6.45, 7) is 1.71. The summed E-state index contributed by atoms with van der Waals surface area (Å²) in [7, 11) is 1.53. The zero-order valence-corrected chi connectivity index (χ0v) is 11.0. The fourth-order valence-electron chi connectivity index (χ4n) is 1.46. The first-order valence-electron chi connectivity index (χ1n) is 5.87. The maximum absolute atomic E-state index is 11.8. The highest BCUT2D eigenvalue weighted by atomic mass is 16.2. The number of aryl methyl sites for hydroxylation is 1. The van der Waals surface area contributed by atoms with E-state index in [4.69, 9.17) is 0 Å². The van der Waals surface area contributed by atoms with Gasteiger partial charge < -0.3 is 16.0 Å². The zero-order chi connectivity index (χ0) is 14.5. The van der Waals surface area contributed by atoms with Crippen molar-refractivity contribution in [1.82, 2.24) is 20.5 Å². The Morgan fingerprint density at radius 3 is 2.20 bits per heavy atom. The van der Waals surface area contributed by atoms with Gasteiger partial charge in [-0.25, -0.2) is 9.78 Å². The summed E-state index contributed by atoms with van der Waals surface area (Å²) < 4.78 is 0. The number of rotatable bonds is 3. The molecule has 1 heterocycles. The highest BCUT2D eigenvalue weighted by Gasteiger charge is 2.11. The Morgan fingerprint density at radius 1 is 1.10 bits per heavy atom. The summed E-state index contributed by atoms with van der Waals surface area (Å²) in [5.41, 5.74) is 1.20. The van der Waals surface area contributed by atoms with Gasteiger partial charge in [0, 0.05) is 18.4 Å². The van der Waals surface area contributed by atoms with Crippen LogP contribution in [0.1, 0.15) is 16.4 Å². The van der Waals surface area contributed by atoms with Crippen LogP contribution in [0, 0.1) is 6.92 Å². The van der Waals surface area contributed by atoms with Crippen LogP contribution in [0.15, 0.2) is 24.3 Å². The fourth-order valence-corrected chi connectivity index (χ4v) is 1.46. The number of hydrogen-bond donors (Lipinski definition) is 4. The van der Waals surface area contributed by atoms with Gasteiger partial charge in [-0.2, -0.15) is 0 Å². The minimum atomic E-state index is -0.402. The molecule has 8 nitrogen and oxygen atoms in total. The lowest BCUT2D eigenvalue weighted by Gasteiger charge is -2.06. The van der Waals surface area contributed by atoms with Crippen LogP contribution >= 0.6 is 0 Å². The summed E-state index contributed by atoms with van der Waals surface area (Å²) in [4.78, 5) is 26.9. The Kier molecular flexibility index (Phi) is 3.94. The lowest BCUT2D eigenvalue weighted by Crippen LogP contribution is -2.24. The minimum Gasteiger partial charge on any atom is -0.341 e. The average molecular weight is 274 g/mol. The van der Waals surface area contributed by atoms with Crippen LogP contribution in [0.5, 0.6) is 0 Å². The van der Waals surface area contributed by atoms with Gasteiger partial charge in [-0.1, -0.05) is 0 Å². The number of anilines is 2. The maximum Gasteiger partial charge on any atom is 0.318 e. The first kappa shape index (κ1) is 13.5. The molecular formula is C12H14N6O2. The predicted octanol–water partition coefficient (Wildman–Crippen LogP) is 1.12. The Morgan fingerprint density at radius 2 is 1.70 bits per heavy atom. The number of hydrogen-bond acceptors (Lipinski definition) is 4. The van der Waals surface area contributed by atoms with Crippen molar-refractivity contribution in [3.63, 3.8) is 0 Å². The number of nitrogens with one attached hydrogen (secondary N) is 4. The fraction of sp³-hybridized carbons (Fsp3) is 0.167. The van der Waals surface area contributed by atoms with E-state index >= 15 is 0 Å². The smallest absolute Gasteiger partial charge is 0.318 e. The van der Waals surface area contributed by atoms with Crippen molar-refractivity contribution in [1.29, 1.82) is 0 Å². The van der Waals surface area contributed by atoms with E-state index in [-0.39, 0.29) is 11.9 Å². The van der Waals surface area contributed by atoms with Gasteiger partial charge in [-0.05, 0) is 31.2 Å². The standard InChI is InChI=1S/C12H14N6O2/c1-7-14-10(18-17-7)11(19)15-8-3-5-9(6-4-8)16-12(20)13-2/h3-6H,1-2H3,(H,15,19)(H2,13,16,20)(H,14,17,18). The van der Waals surface area contributed by atoms with E-state index in [2.05, 4.69) is 31.1 Å². The first-order valence-corrected chi connectivity index (χ1v) is 5.87. The van der Waals surface area contributed by atoms with E-state index in [0.717, 1.165) is 0 Å². The molecule has 2 rings (SSSR count). The molecule has 1 aromatic heterocycles. The third-order valence-electron chi connectivity index (χ3n) is 2.43. The average Bonchev–Trinajstić information content (AvgIpc) is 2.87. The molecule has 0 saturated carbocycles. The highest BCUT2D eigenvalue weighted by molar-refractivity contribution is 6.01. The third-order valence-corrected chi connectivity index (χ3v) is 2.43. The van der Waals surface area contributed by atoms with Crippen LogP contribution in [0.25, 0.3) is 0 Å². The largest absolute Gasteiger partial charge is 0.341 e. The monoisotopic (exact) mass is 274 g/mol. The zero-order valence-electron chi connectivity index (χ0n) is 11.0. The van der Waals surface area contributed by atoms with Crippen LogP contribution in [0.4, 0.5) is 16.2 Å². The number of H-pyrrole nitrogens is 1. The molecule has 0 radical (unpaired) electrons. The minimum absolute atomic E-state index is 0.0788. The van der Waals surface area contributed by atoms with Crippen LogP contribution < -0.4 is 16.0 Å². The summed E-state index contributed by atoms with van der Waals surface area (Å²) in [5, 5.41) is 14.1. The van der Waals surface area contributed by atoms with Crippen molar-refractivity contribution in [2.45, 2.75) is 6.92 Å². The van der Waals surface area contributed by atoms with Crippen LogP contribution in [0.3, 0.4) is 0 Å². The molecule has 0 aliphatic heterocycles. The van der Waals surface area contributed by atoms with E-state index in [9.17, 15) is 9.59 Å². The number of carbonyl (C=O) groups excluding carboxylic acids is 2. The van der Waals surface area contributed by atoms with Crippen LogP contribution in [-0.4, -0.2) is 34.2 Å². The molecule has 0 saturated heterocycles. The van der Waals surface area contributed by atoms with Gasteiger partial charge in [0.1, 0.15) is 5.82 Å². The van der Waals surface area contributed by atoms with E-state index in [1.165, 1.54) is 7.05 Å². The van der Waals surface area contributed by atoms with Gasteiger partial charge in [-0.15, -0.1) is 5.10 Å². The molecule has 104 valence electrons.